The highest BCUT2D eigenvalue weighted by molar-refractivity contribution is 8.00. The molecule has 0 aliphatic heterocycles. The highest BCUT2D eigenvalue weighted by Gasteiger charge is 2.23. The molecule has 0 saturated carbocycles. The second kappa shape index (κ2) is 6.96. The van der Waals surface area contributed by atoms with Gasteiger partial charge in [0.2, 0.25) is 5.91 Å². The van der Waals surface area contributed by atoms with Gasteiger partial charge in [-0.05, 0) is 50.2 Å². The number of hydrogen-bond acceptors (Lipinski definition) is 3. The number of thioether (sulfide) groups is 1. The number of amides is 1. The quantitative estimate of drug-likeness (QED) is 0.816. The van der Waals surface area contributed by atoms with Crippen molar-refractivity contribution in [3.05, 3.63) is 53.8 Å². The van der Waals surface area contributed by atoms with Crippen LogP contribution >= 0.6 is 23.4 Å². The van der Waals surface area contributed by atoms with Gasteiger partial charge in [0.05, 0.1) is 11.9 Å². The van der Waals surface area contributed by atoms with Crippen molar-refractivity contribution >= 4 is 35.0 Å². The van der Waals surface area contributed by atoms with Crippen molar-refractivity contribution in [3.63, 3.8) is 0 Å². The summed E-state index contributed by atoms with van der Waals surface area (Å²) in [5.41, 5.74) is 0.717. The normalized spacial score (nSPS) is 11.2. The molecule has 0 aliphatic rings. The van der Waals surface area contributed by atoms with E-state index in [2.05, 4.69) is 24.1 Å². The Labute approximate surface area is 134 Å². The van der Waals surface area contributed by atoms with Gasteiger partial charge in [-0.2, -0.15) is 0 Å². The van der Waals surface area contributed by atoms with Gasteiger partial charge in [-0.15, -0.1) is 11.8 Å². The third kappa shape index (κ3) is 5.40. The first-order chi connectivity index (χ1) is 9.94. The highest BCUT2D eigenvalue weighted by atomic mass is 35.5. The van der Waals surface area contributed by atoms with Crippen molar-refractivity contribution in [1.29, 1.82) is 0 Å². The molecule has 0 unspecified atom stereocenters. The van der Waals surface area contributed by atoms with Gasteiger partial charge in [0.1, 0.15) is 0 Å². The molecule has 1 aromatic heterocycles. The van der Waals surface area contributed by atoms with E-state index in [1.54, 1.807) is 30.2 Å². The summed E-state index contributed by atoms with van der Waals surface area (Å²) in [5.74, 6) is -0.0190. The van der Waals surface area contributed by atoms with E-state index in [-0.39, 0.29) is 10.7 Å². The number of pyridine rings is 1. The molecule has 0 saturated heterocycles. The van der Waals surface area contributed by atoms with Crippen LogP contribution in [0.25, 0.3) is 0 Å². The number of benzene rings is 1. The Morgan fingerprint density at radius 2 is 2.00 bits per heavy atom. The maximum atomic E-state index is 12.1. The number of nitrogens with zero attached hydrogens (tertiary/aromatic N) is 1. The zero-order valence-corrected chi connectivity index (χ0v) is 13.5. The standard InChI is InChI=1S/C16H17ClN2OS/c1-16(2,21-14-7-5-12(17)6-8-14)10-15(20)19-13-4-3-9-18-11-13/h3-9,11H,10H2,1-2H3,(H,19,20). The van der Waals surface area contributed by atoms with Gasteiger partial charge >= 0.3 is 0 Å². The summed E-state index contributed by atoms with van der Waals surface area (Å²) in [5, 5.41) is 3.57. The lowest BCUT2D eigenvalue weighted by Crippen LogP contribution is -2.24. The molecule has 2 rings (SSSR count). The van der Waals surface area contributed by atoms with Gasteiger partial charge in [-0.25, -0.2) is 0 Å². The number of halogens is 1. The fraction of sp³-hybridized carbons (Fsp3) is 0.250. The molecule has 1 aromatic carbocycles. The summed E-state index contributed by atoms with van der Waals surface area (Å²) < 4.78 is -0.208. The molecule has 3 nitrogen and oxygen atoms in total. The van der Waals surface area contributed by atoms with E-state index < -0.39 is 0 Å². The maximum absolute atomic E-state index is 12.1. The summed E-state index contributed by atoms with van der Waals surface area (Å²) >= 11 is 7.54. The lowest BCUT2D eigenvalue weighted by Gasteiger charge is -2.23. The zero-order valence-electron chi connectivity index (χ0n) is 12.0. The zero-order chi connectivity index (χ0) is 15.3. The molecule has 1 N–H and O–H groups in total. The maximum Gasteiger partial charge on any atom is 0.225 e. The fourth-order valence-electron chi connectivity index (χ4n) is 1.89. The van der Waals surface area contributed by atoms with E-state index in [4.69, 9.17) is 11.6 Å². The molecule has 2 aromatic rings. The number of aromatic nitrogens is 1. The Bertz CT molecular complexity index is 599. The van der Waals surface area contributed by atoms with Crippen LogP contribution in [0.1, 0.15) is 20.3 Å². The first-order valence-corrected chi connectivity index (χ1v) is 7.78. The second-order valence-corrected chi connectivity index (χ2v) is 7.50. The molecule has 5 heteroatoms. The second-order valence-electron chi connectivity index (χ2n) is 5.28. The molecule has 1 amide bonds. The van der Waals surface area contributed by atoms with E-state index in [0.29, 0.717) is 11.4 Å². The number of hydrogen-bond donors (Lipinski definition) is 1. The first-order valence-electron chi connectivity index (χ1n) is 6.59. The third-order valence-corrected chi connectivity index (χ3v) is 4.20. The lowest BCUT2D eigenvalue weighted by atomic mass is 10.1. The number of anilines is 1. The van der Waals surface area contributed by atoms with Gasteiger partial charge in [-0.1, -0.05) is 11.6 Å². The Balaban J connectivity index is 1.93. The van der Waals surface area contributed by atoms with Gasteiger partial charge in [0.15, 0.2) is 0 Å². The minimum absolute atomic E-state index is 0.0190. The van der Waals surface area contributed by atoms with Crippen LogP contribution in [0.4, 0.5) is 5.69 Å². The molecular formula is C16H17ClN2OS. The molecule has 0 fully saturated rings. The van der Waals surface area contributed by atoms with Gasteiger partial charge in [-0.3, -0.25) is 9.78 Å². The van der Waals surface area contributed by atoms with Crippen LogP contribution in [0.15, 0.2) is 53.7 Å². The molecule has 0 radical (unpaired) electrons. The van der Waals surface area contributed by atoms with Crippen LogP contribution < -0.4 is 5.32 Å². The molecule has 0 atom stereocenters. The molecule has 1 heterocycles. The number of nitrogens with one attached hydrogen (secondary N) is 1. The molecule has 0 spiro atoms. The first kappa shape index (κ1) is 15.9. The summed E-state index contributed by atoms with van der Waals surface area (Å²) in [6.45, 7) is 4.10. The average molecular weight is 321 g/mol. The molecule has 110 valence electrons. The average Bonchev–Trinajstić information content (AvgIpc) is 2.41. The number of rotatable bonds is 5. The Hall–Kier alpha value is -1.52. The van der Waals surface area contributed by atoms with Gasteiger partial charge < -0.3 is 5.32 Å². The molecule has 0 aliphatic carbocycles. The Morgan fingerprint density at radius 3 is 2.62 bits per heavy atom. The lowest BCUT2D eigenvalue weighted by molar-refractivity contribution is -0.116. The minimum Gasteiger partial charge on any atom is -0.325 e. The molecule has 21 heavy (non-hydrogen) atoms. The molecule has 0 bridgehead atoms. The van der Waals surface area contributed by atoms with Crippen molar-refractivity contribution in [2.75, 3.05) is 5.32 Å². The summed E-state index contributed by atoms with van der Waals surface area (Å²) in [4.78, 5) is 17.2. The van der Waals surface area contributed by atoms with E-state index in [1.165, 1.54) is 0 Å². The van der Waals surface area contributed by atoms with Crippen molar-refractivity contribution in [2.45, 2.75) is 29.9 Å². The van der Waals surface area contributed by atoms with Crippen LogP contribution in [0.3, 0.4) is 0 Å². The van der Waals surface area contributed by atoms with Gasteiger partial charge in [0, 0.05) is 27.3 Å². The van der Waals surface area contributed by atoms with Crippen LogP contribution in [0.5, 0.6) is 0 Å². The Morgan fingerprint density at radius 1 is 1.29 bits per heavy atom. The largest absolute Gasteiger partial charge is 0.325 e. The van der Waals surface area contributed by atoms with E-state index >= 15 is 0 Å². The Kier molecular flexibility index (Phi) is 5.26. The fourth-order valence-corrected chi connectivity index (χ4v) is 3.13. The summed E-state index contributed by atoms with van der Waals surface area (Å²) in [6, 6.07) is 11.3. The summed E-state index contributed by atoms with van der Waals surface area (Å²) in [7, 11) is 0. The SMILES string of the molecule is CC(C)(CC(=O)Nc1cccnc1)Sc1ccc(Cl)cc1. The topological polar surface area (TPSA) is 42.0 Å². The van der Waals surface area contributed by atoms with E-state index in [0.717, 1.165) is 10.6 Å². The van der Waals surface area contributed by atoms with Crippen molar-refractivity contribution in [1.82, 2.24) is 4.98 Å². The van der Waals surface area contributed by atoms with Gasteiger partial charge in [0.25, 0.3) is 0 Å². The third-order valence-electron chi connectivity index (χ3n) is 2.74. The summed E-state index contributed by atoms with van der Waals surface area (Å²) in [6.07, 6.45) is 3.72. The number of carbonyl (C=O) groups is 1. The highest BCUT2D eigenvalue weighted by Crippen LogP contribution is 2.35. The predicted octanol–water partition coefficient (Wildman–Crippen LogP) is 4.63. The van der Waals surface area contributed by atoms with E-state index in [9.17, 15) is 4.79 Å². The predicted molar refractivity (Wildman–Crippen MR) is 88.9 cm³/mol. The monoisotopic (exact) mass is 320 g/mol. The van der Waals surface area contributed by atoms with Crippen molar-refractivity contribution in [2.24, 2.45) is 0 Å². The smallest absolute Gasteiger partial charge is 0.225 e. The van der Waals surface area contributed by atoms with Crippen molar-refractivity contribution in [3.8, 4) is 0 Å². The van der Waals surface area contributed by atoms with E-state index in [1.807, 2.05) is 30.3 Å². The number of carbonyl (C=O) groups excluding carboxylic acids is 1. The van der Waals surface area contributed by atoms with Crippen LogP contribution in [0, 0.1) is 0 Å². The minimum atomic E-state index is -0.208. The molecular weight excluding hydrogens is 304 g/mol. The van der Waals surface area contributed by atoms with Crippen LogP contribution in [-0.4, -0.2) is 15.6 Å². The van der Waals surface area contributed by atoms with Crippen molar-refractivity contribution < 1.29 is 4.79 Å². The van der Waals surface area contributed by atoms with Crippen LogP contribution in [0.2, 0.25) is 5.02 Å². The van der Waals surface area contributed by atoms with Crippen LogP contribution in [-0.2, 0) is 4.79 Å².